The number of aryl methyl sites for hydroxylation is 1. The van der Waals surface area contributed by atoms with Gasteiger partial charge in [0.25, 0.3) is 5.56 Å². The summed E-state index contributed by atoms with van der Waals surface area (Å²) in [5, 5.41) is 5.27. The summed E-state index contributed by atoms with van der Waals surface area (Å²) in [7, 11) is 0. The maximum absolute atomic E-state index is 13.1. The number of ether oxygens (including phenoxy) is 2. The van der Waals surface area contributed by atoms with E-state index in [2.05, 4.69) is 10.3 Å². The molecule has 31 heavy (non-hydrogen) atoms. The van der Waals surface area contributed by atoms with Gasteiger partial charge in [0.05, 0.1) is 11.7 Å². The molecule has 2 aromatic heterocycles. The lowest BCUT2D eigenvalue weighted by atomic mass is 10.1. The Bertz CT molecular complexity index is 1340. The molecular formula is C23H19N3O4S. The van der Waals surface area contributed by atoms with Crippen LogP contribution in [0.25, 0.3) is 21.3 Å². The van der Waals surface area contributed by atoms with Crippen LogP contribution < -0.4 is 20.3 Å². The molecule has 2 aromatic carbocycles. The van der Waals surface area contributed by atoms with Crippen molar-refractivity contribution in [3.8, 4) is 22.6 Å². The smallest absolute Gasteiger partial charge is 0.263 e. The molecule has 156 valence electrons. The predicted octanol–water partition coefficient (Wildman–Crippen LogP) is 3.84. The number of nitrogens with one attached hydrogen (secondary N) is 1. The van der Waals surface area contributed by atoms with Crippen molar-refractivity contribution >= 4 is 33.1 Å². The zero-order valence-corrected chi connectivity index (χ0v) is 17.6. The van der Waals surface area contributed by atoms with Gasteiger partial charge < -0.3 is 14.8 Å². The van der Waals surface area contributed by atoms with Crippen LogP contribution in [0, 0.1) is 6.92 Å². The van der Waals surface area contributed by atoms with Crippen molar-refractivity contribution in [2.24, 2.45) is 0 Å². The Kier molecular flexibility index (Phi) is 4.91. The highest BCUT2D eigenvalue weighted by atomic mass is 32.1. The van der Waals surface area contributed by atoms with Crippen LogP contribution in [0.3, 0.4) is 0 Å². The molecule has 0 saturated heterocycles. The van der Waals surface area contributed by atoms with E-state index < -0.39 is 0 Å². The van der Waals surface area contributed by atoms with Gasteiger partial charge in [0.2, 0.25) is 5.91 Å². The molecule has 1 aliphatic heterocycles. The summed E-state index contributed by atoms with van der Waals surface area (Å²) in [6.45, 7) is 2.85. The number of hydrogen-bond donors (Lipinski definition) is 1. The van der Waals surface area contributed by atoms with Crippen LogP contribution in [0.1, 0.15) is 5.56 Å². The van der Waals surface area contributed by atoms with Gasteiger partial charge in [-0.05, 0) is 24.6 Å². The number of anilines is 1. The van der Waals surface area contributed by atoms with E-state index in [0.717, 1.165) is 16.7 Å². The second kappa shape index (κ2) is 7.88. The first-order chi connectivity index (χ1) is 15.1. The second-order valence-electron chi connectivity index (χ2n) is 7.28. The van der Waals surface area contributed by atoms with Crippen LogP contribution in [0.4, 0.5) is 5.69 Å². The van der Waals surface area contributed by atoms with Crippen molar-refractivity contribution in [2.75, 3.05) is 18.5 Å². The molecule has 5 rings (SSSR count). The quantitative estimate of drug-likeness (QED) is 0.529. The topological polar surface area (TPSA) is 82.5 Å². The molecule has 0 spiro atoms. The van der Waals surface area contributed by atoms with Crippen molar-refractivity contribution in [3.05, 3.63) is 70.1 Å². The molecule has 1 amide bonds. The minimum absolute atomic E-state index is 0.139. The van der Waals surface area contributed by atoms with Crippen molar-refractivity contribution in [1.29, 1.82) is 0 Å². The number of hydrogen-bond acceptors (Lipinski definition) is 6. The Morgan fingerprint density at radius 1 is 1.13 bits per heavy atom. The third-order valence-corrected chi connectivity index (χ3v) is 5.95. The molecule has 1 aliphatic rings. The van der Waals surface area contributed by atoms with E-state index in [1.165, 1.54) is 22.2 Å². The normalized spacial score (nSPS) is 12.7. The number of benzene rings is 2. The van der Waals surface area contributed by atoms with Crippen LogP contribution in [0.15, 0.2) is 59.0 Å². The van der Waals surface area contributed by atoms with E-state index in [-0.39, 0.29) is 18.0 Å². The van der Waals surface area contributed by atoms with Crippen molar-refractivity contribution in [1.82, 2.24) is 9.55 Å². The highest BCUT2D eigenvalue weighted by Crippen LogP contribution is 2.33. The molecule has 0 atom stereocenters. The number of fused-ring (bicyclic) bond motifs is 2. The molecular weight excluding hydrogens is 414 g/mol. The molecule has 0 unspecified atom stereocenters. The van der Waals surface area contributed by atoms with Crippen LogP contribution in [0.2, 0.25) is 0 Å². The maximum Gasteiger partial charge on any atom is 0.263 e. The molecule has 0 bridgehead atoms. The minimum Gasteiger partial charge on any atom is -0.486 e. The van der Waals surface area contributed by atoms with Gasteiger partial charge in [-0.1, -0.05) is 29.8 Å². The fraction of sp³-hybridized carbons (Fsp3) is 0.174. The summed E-state index contributed by atoms with van der Waals surface area (Å²) in [4.78, 5) is 30.8. The second-order valence-corrected chi connectivity index (χ2v) is 8.14. The van der Waals surface area contributed by atoms with Gasteiger partial charge in [-0.15, -0.1) is 11.3 Å². The van der Waals surface area contributed by atoms with Gasteiger partial charge in [-0.3, -0.25) is 14.2 Å². The number of rotatable bonds is 4. The van der Waals surface area contributed by atoms with E-state index >= 15 is 0 Å². The molecule has 0 fully saturated rings. The van der Waals surface area contributed by atoms with Gasteiger partial charge >= 0.3 is 0 Å². The first-order valence-electron chi connectivity index (χ1n) is 9.82. The number of nitrogens with zero attached hydrogens (tertiary/aromatic N) is 2. The highest BCUT2D eigenvalue weighted by Gasteiger charge is 2.16. The van der Waals surface area contributed by atoms with Crippen LogP contribution in [0.5, 0.6) is 11.5 Å². The van der Waals surface area contributed by atoms with Gasteiger partial charge in [0, 0.05) is 22.7 Å². The standard InChI is InChI=1S/C23H19N3O4S/c1-14-2-4-15(5-3-14)17-12-31-22-21(17)23(28)26(13-24-22)11-20(27)25-16-6-7-18-19(10-16)30-9-8-29-18/h2-7,10,12-13H,8-9,11H2,1H3,(H,25,27). The molecule has 0 radical (unpaired) electrons. The molecule has 7 nitrogen and oxygen atoms in total. The van der Waals surface area contributed by atoms with Crippen LogP contribution in [-0.2, 0) is 11.3 Å². The zero-order chi connectivity index (χ0) is 21.4. The van der Waals surface area contributed by atoms with Gasteiger partial charge in [-0.2, -0.15) is 0 Å². The highest BCUT2D eigenvalue weighted by molar-refractivity contribution is 7.17. The van der Waals surface area contributed by atoms with Gasteiger partial charge in [-0.25, -0.2) is 4.98 Å². The van der Waals surface area contributed by atoms with Gasteiger partial charge in [0.15, 0.2) is 11.5 Å². The Hall–Kier alpha value is -3.65. The van der Waals surface area contributed by atoms with E-state index in [1.807, 2.05) is 36.6 Å². The average molecular weight is 433 g/mol. The Morgan fingerprint density at radius 2 is 1.90 bits per heavy atom. The lowest BCUT2D eigenvalue weighted by Crippen LogP contribution is -2.27. The lowest BCUT2D eigenvalue weighted by Gasteiger charge is -2.19. The number of amides is 1. The summed E-state index contributed by atoms with van der Waals surface area (Å²) in [6.07, 6.45) is 1.42. The van der Waals surface area contributed by atoms with Crippen molar-refractivity contribution in [2.45, 2.75) is 13.5 Å². The molecule has 8 heteroatoms. The number of carbonyl (C=O) groups is 1. The van der Waals surface area contributed by atoms with E-state index in [4.69, 9.17) is 9.47 Å². The van der Waals surface area contributed by atoms with Crippen LogP contribution >= 0.6 is 11.3 Å². The Labute approximate surface area is 181 Å². The van der Waals surface area contributed by atoms with Crippen molar-refractivity contribution in [3.63, 3.8) is 0 Å². The summed E-state index contributed by atoms with van der Waals surface area (Å²) < 4.78 is 12.4. The molecule has 4 aromatic rings. The third kappa shape index (κ3) is 3.77. The predicted molar refractivity (Wildman–Crippen MR) is 120 cm³/mol. The first kappa shape index (κ1) is 19.3. The van der Waals surface area contributed by atoms with Crippen LogP contribution in [-0.4, -0.2) is 28.7 Å². The fourth-order valence-corrected chi connectivity index (χ4v) is 4.41. The monoisotopic (exact) mass is 433 g/mol. The summed E-state index contributed by atoms with van der Waals surface area (Å²) in [5.41, 5.74) is 3.27. The third-order valence-electron chi connectivity index (χ3n) is 5.06. The van der Waals surface area contributed by atoms with E-state index in [1.54, 1.807) is 18.2 Å². The van der Waals surface area contributed by atoms with E-state index in [9.17, 15) is 9.59 Å². The zero-order valence-electron chi connectivity index (χ0n) is 16.8. The summed E-state index contributed by atoms with van der Waals surface area (Å²) in [5.74, 6) is 0.911. The average Bonchev–Trinajstić information content (AvgIpc) is 3.21. The molecule has 3 heterocycles. The first-order valence-corrected chi connectivity index (χ1v) is 10.7. The molecule has 0 saturated carbocycles. The Morgan fingerprint density at radius 3 is 2.71 bits per heavy atom. The van der Waals surface area contributed by atoms with E-state index in [0.29, 0.717) is 40.6 Å². The van der Waals surface area contributed by atoms with Gasteiger partial charge in [0.1, 0.15) is 24.6 Å². The number of thiophene rings is 1. The largest absolute Gasteiger partial charge is 0.486 e. The number of aromatic nitrogens is 2. The lowest BCUT2D eigenvalue weighted by molar-refractivity contribution is -0.116. The number of carbonyl (C=O) groups excluding carboxylic acids is 1. The minimum atomic E-state index is -0.327. The maximum atomic E-state index is 13.1. The SMILES string of the molecule is Cc1ccc(-c2csc3ncn(CC(=O)Nc4ccc5c(c4)OCCO5)c(=O)c23)cc1. The summed E-state index contributed by atoms with van der Waals surface area (Å²) in [6, 6.07) is 13.2. The molecule has 0 aliphatic carbocycles. The summed E-state index contributed by atoms with van der Waals surface area (Å²) >= 11 is 1.42. The molecule has 1 N–H and O–H groups in total. The van der Waals surface area contributed by atoms with Crippen molar-refractivity contribution < 1.29 is 14.3 Å². The fourth-order valence-electron chi connectivity index (χ4n) is 3.50. The Balaban J connectivity index is 1.41.